The fraction of sp³-hybridized carbons (Fsp3) is 0.686. The van der Waals surface area contributed by atoms with Crippen molar-refractivity contribution >= 4 is 35.6 Å². The number of aromatic nitrogens is 1. The number of pyridine rings is 1. The van der Waals surface area contributed by atoms with Gasteiger partial charge in [-0.25, -0.2) is 0 Å². The number of aliphatic hydroxyl groups is 6. The fourth-order valence-corrected chi connectivity index (χ4v) is 6.09. The molecule has 0 aromatic carbocycles. The van der Waals surface area contributed by atoms with E-state index in [2.05, 4.69) is 20.9 Å². The van der Waals surface area contributed by atoms with Gasteiger partial charge in [0.05, 0.1) is 49.5 Å². The molecule has 3 unspecified atom stereocenters. The van der Waals surface area contributed by atoms with Crippen LogP contribution in [0.1, 0.15) is 49.9 Å². The number of hydrogen-bond acceptors (Lipinski definition) is 16. The van der Waals surface area contributed by atoms with E-state index in [0.717, 1.165) is 0 Å². The number of carboxylic acids is 3. The summed E-state index contributed by atoms with van der Waals surface area (Å²) in [6.07, 6.45) is -5.14. The third-order valence-corrected chi connectivity index (χ3v) is 9.29. The lowest BCUT2D eigenvalue weighted by atomic mass is 10.1. The average molecular weight is 816 g/mol. The van der Waals surface area contributed by atoms with Gasteiger partial charge in [-0.15, -0.1) is 0 Å². The molecule has 22 nitrogen and oxygen atoms in total. The summed E-state index contributed by atoms with van der Waals surface area (Å²) in [4.78, 5) is 84.9. The quantitative estimate of drug-likeness (QED) is 0.0465. The number of aliphatic carboxylic acids is 3. The maximum Gasteiger partial charge on any atom is 0.320 e. The molecule has 2 rings (SSSR count). The Bertz CT molecular complexity index is 1380. The number of amides is 3. The molecule has 322 valence electrons. The van der Waals surface area contributed by atoms with Crippen molar-refractivity contribution in [2.75, 3.05) is 65.6 Å². The molecule has 3 amide bonds. The molecule has 6 atom stereocenters. The molecule has 0 aliphatic carbocycles. The molecular formula is C35H57N7O15. The van der Waals surface area contributed by atoms with Crippen LogP contribution in [0.2, 0.25) is 0 Å². The van der Waals surface area contributed by atoms with Crippen molar-refractivity contribution in [3.8, 4) is 0 Å². The topological polar surface area (TPSA) is 343 Å². The van der Waals surface area contributed by atoms with Crippen molar-refractivity contribution in [2.24, 2.45) is 0 Å². The van der Waals surface area contributed by atoms with E-state index in [1.807, 2.05) is 0 Å². The zero-order valence-corrected chi connectivity index (χ0v) is 31.7. The predicted molar refractivity (Wildman–Crippen MR) is 197 cm³/mol. The number of nitrogens with one attached hydrogen (secondary N) is 3. The molecule has 1 aliphatic rings. The number of carbonyl (C=O) groups excluding carboxylic acids is 3. The first-order valence-corrected chi connectivity index (χ1v) is 18.6. The van der Waals surface area contributed by atoms with E-state index in [0.29, 0.717) is 11.4 Å². The lowest BCUT2D eigenvalue weighted by Gasteiger charge is -2.37. The van der Waals surface area contributed by atoms with E-state index < -0.39 is 91.9 Å². The maximum absolute atomic E-state index is 12.8. The van der Waals surface area contributed by atoms with Crippen LogP contribution in [-0.2, 0) is 41.9 Å². The molecule has 12 N–H and O–H groups in total. The van der Waals surface area contributed by atoms with Crippen LogP contribution in [0, 0.1) is 0 Å². The molecule has 1 aromatic rings. The SMILES string of the molecule is O=C(CC[C@@H](C(=O)O)N1CCN([C@@H](CCC(=O)NCC(O)CO)C(=O)O)Cc2cccc(n2)CN([C@@H](CCC(=O)NCC(O)CO)C(=O)O)CC1)NCC(O)CO. The van der Waals surface area contributed by atoms with Crippen molar-refractivity contribution in [1.82, 2.24) is 35.6 Å². The van der Waals surface area contributed by atoms with E-state index >= 15 is 0 Å². The Morgan fingerprint density at radius 2 is 0.842 bits per heavy atom. The highest BCUT2D eigenvalue weighted by atomic mass is 16.4. The van der Waals surface area contributed by atoms with Gasteiger partial charge >= 0.3 is 17.9 Å². The highest BCUT2D eigenvalue weighted by Gasteiger charge is 2.33. The van der Waals surface area contributed by atoms with Gasteiger partial charge in [0.15, 0.2) is 0 Å². The standard InChI is InChI=1S/C35H57N7O15/c43-19-24(46)14-36-30(49)7-4-27(33(52)53)40-10-12-41(28(34(54)55)5-8-31(50)37-15-25(47)20-44)17-22-2-1-3-23(39-22)18-42(13-11-40)29(35(56)57)6-9-32(51)38-16-26(48)21-45/h1-3,24-29,43-48H,4-21H2,(H,36,49)(H,37,50)(H,38,51)(H,52,53)(H,54,55)(H,56,57)/t24?,25?,26?,27-,28-,29-/m0/s1. The number of nitrogens with zero attached hydrogens (tertiary/aromatic N) is 4. The minimum Gasteiger partial charge on any atom is -0.480 e. The van der Waals surface area contributed by atoms with Crippen molar-refractivity contribution in [3.63, 3.8) is 0 Å². The molecule has 0 saturated carbocycles. The summed E-state index contributed by atoms with van der Waals surface area (Å²) in [6.45, 7) is -3.13. The van der Waals surface area contributed by atoms with Crippen LogP contribution in [0.25, 0.3) is 0 Å². The molecule has 0 spiro atoms. The Balaban J connectivity index is 2.49. The molecule has 2 bridgehead atoms. The van der Waals surface area contributed by atoms with Crippen LogP contribution < -0.4 is 16.0 Å². The predicted octanol–water partition coefficient (Wildman–Crippen LogP) is -4.89. The lowest BCUT2D eigenvalue weighted by molar-refractivity contribution is -0.147. The Morgan fingerprint density at radius 1 is 0.544 bits per heavy atom. The fourth-order valence-electron chi connectivity index (χ4n) is 6.09. The van der Waals surface area contributed by atoms with E-state index in [1.54, 1.807) is 18.2 Å². The van der Waals surface area contributed by atoms with Crippen molar-refractivity contribution in [2.45, 2.75) is 88.1 Å². The largest absolute Gasteiger partial charge is 0.480 e. The second kappa shape index (κ2) is 25.8. The van der Waals surface area contributed by atoms with Gasteiger partial charge in [0.25, 0.3) is 0 Å². The number of fused-ring (bicyclic) bond motifs is 2. The number of rotatable bonds is 24. The van der Waals surface area contributed by atoms with Crippen molar-refractivity contribution < 1.29 is 74.7 Å². The third-order valence-electron chi connectivity index (χ3n) is 9.29. The summed E-state index contributed by atoms with van der Waals surface area (Å²) in [7, 11) is 0. The van der Waals surface area contributed by atoms with Crippen molar-refractivity contribution in [1.29, 1.82) is 0 Å². The minimum atomic E-state index is -1.35. The Labute approximate surface area is 329 Å². The van der Waals surface area contributed by atoms with E-state index in [-0.39, 0.29) is 97.4 Å². The van der Waals surface area contributed by atoms with Crippen LogP contribution in [-0.4, -0.2) is 203 Å². The van der Waals surface area contributed by atoms with Gasteiger partial charge < -0.3 is 61.9 Å². The molecule has 22 heteroatoms. The summed E-state index contributed by atoms with van der Waals surface area (Å²) in [6, 6.07) is 0.996. The van der Waals surface area contributed by atoms with Gasteiger partial charge in [-0.05, 0) is 31.4 Å². The molecule has 57 heavy (non-hydrogen) atoms. The summed E-state index contributed by atoms with van der Waals surface area (Å²) in [5.74, 6) is -5.65. The second-order valence-corrected chi connectivity index (χ2v) is 13.7. The number of carbonyl (C=O) groups is 6. The van der Waals surface area contributed by atoms with Gasteiger partial charge in [0.1, 0.15) is 18.1 Å². The normalized spacial score (nSPS) is 17.7. The zero-order chi connectivity index (χ0) is 42.5. The molecule has 0 saturated heterocycles. The molecule has 1 aliphatic heterocycles. The number of carboxylic acid groups (broad SMARTS) is 3. The Kier molecular flexibility index (Phi) is 22.1. The van der Waals surface area contributed by atoms with Crippen LogP contribution in [0.5, 0.6) is 0 Å². The Hall–Kier alpha value is -4.39. The first-order chi connectivity index (χ1) is 27.1. The third kappa shape index (κ3) is 18.2. The van der Waals surface area contributed by atoms with Crippen LogP contribution in [0.4, 0.5) is 0 Å². The van der Waals surface area contributed by atoms with Crippen molar-refractivity contribution in [3.05, 3.63) is 29.6 Å². The van der Waals surface area contributed by atoms with Gasteiger partial charge in [-0.1, -0.05) is 6.07 Å². The minimum absolute atomic E-state index is 0.0843. The summed E-state index contributed by atoms with van der Waals surface area (Å²) in [5, 5.41) is 94.1. The second-order valence-electron chi connectivity index (χ2n) is 13.7. The highest BCUT2D eigenvalue weighted by Crippen LogP contribution is 2.19. The molecule has 2 heterocycles. The zero-order valence-electron chi connectivity index (χ0n) is 31.7. The monoisotopic (exact) mass is 815 g/mol. The first-order valence-electron chi connectivity index (χ1n) is 18.6. The van der Waals surface area contributed by atoms with E-state index in [9.17, 15) is 59.4 Å². The Morgan fingerprint density at radius 3 is 1.14 bits per heavy atom. The van der Waals surface area contributed by atoms with Gasteiger partial charge in [-0.3, -0.25) is 48.5 Å². The summed E-state index contributed by atoms with van der Waals surface area (Å²) < 4.78 is 0. The molecule has 0 radical (unpaired) electrons. The summed E-state index contributed by atoms with van der Waals surface area (Å²) >= 11 is 0. The van der Waals surface area contributed by atoms with Crippen LogP contribution in [0.15, 0.2) is 18.2 Å². The van der Waals surface area contributed by atoms with E-state index in [1.165, 1.54) is 14.7 Å². The maximum atomic E-state index is 12.8. The smallest absolute Gasteiger partial charge is 0.320 e. The van der Waals surface area contributed by atoms with Gasteiger partial charge in [-0.2, -0.15) is 0 Å². The van der Waals surface area contributed by atoms with Gasteiger partial charge in [0.2, 0.25) is 17.7 Å². The molecule has 0 fully saturated rings. The molecule has 1 aromatic heterocycles. The molecular weight excluding hydrogens is 758 g/mol. The lowest BCUT2D eigenvalue weighted by Crippen LogP contribution is -2.52. The van der Waals surface area contributed by atoms with Gasteiger partial charge in [0, 0.05) is 78.2 Å². The van der Waals surface area contributed by atoms with Crippen LogP contribution >= 0.6 is 0 Å². The van der Waals surface area contributed by atoms with Crippen LogP contribution in [0.3, 0.4) is 0 Å². The average Bonchev–Trinajstić information content (AvgIpc) is 3.17. The number of aliphatic hydroxyl groups excluding tert-OH is 6. The summed E-state index contributed by atoms with van der Waals surface area (Å²) in [5.41, 5.74) is 0.762. The van der Waals surface area contributed by atoms with E-state index in [4.69, 9.17) is 15.3 Å². The highest BCUT2D eigenvalue weighted by molar-refractivity contribution is 5.80. The number of hydrogen-bond donors (Lipinski definition) is 12. The first kappa shape index (κ1) is 48.8.